The van der Waals surface area contributed by atoms with Gasteiger partial charge in [0.1, 0.15) is 0 Å². The average Bonchev–Trinajstić information content (AvgIpc) is 3.38. The fourth-order valence-corrected chi connectivity index (χ4v) is 2.76. The van der Waals surface area contributed by atoms with E-state index in [1.807, 2.05) is 24.4 Å². The van der Waals surface area contributed by atoms with E-state index in [-0.39, 0.29) is 17.9 Å². The van der Waals surface area contributed by atoms with Crippen LogP contribution in [0.4, 0.5) is 0 Å². The van der Waals surface area contributed by atoms with Crippen molar-refractivity contribution in [1.29, 1.82) is 0 Å². The molecular formula is C20H24N2O. The topological polar surface area (TPSA) is 42.0 Å². The van der Waals surface area contributed by atoms with Crippen LogP contribution in [0.5, 0.6) is 0 Å². The number of rotatable bonds is 5. The number of benzene rings is 1. The van der Waals surface area contributed by atoms with Gasteiger partial charge < -0.3 is 5.32 Å². The average molecular weight is 308 g/mol. The maximum absolute atomic E-state index is 12.3. The van der Waals surface area contributed by atoms with Gasteiger partial charge in [0.05, 0.1) is 11.7 Å². The van der Waals surface area contributed by atoms with E-state index in [0.29, 0.717) is 5.92 Å². The van der Waals surface area contributed by atoms with E-state index in [0.717, 1.165) is 24.1 Å². The number of aryl methyl sites for hydroxylation is 1. The van der Waals surface area contributed by atoms with Crippen molar-refractivity contribution < 1.29 is 4.79 Å². The maximum Gasteiger partial charge on any atom is 0.223 e. The van der Waals surface area contributed by atoms with Gasteiger partial charge in [-0.2, -0.15) is 0 Å². The minimum absolute atomic E-state index is 0.146. The zero-order chi connectivity index (χ0) is 16.4. The second-order valence-corrected chi connectivity index (χ2v) is 6.74. The van der Waals surface area contributed by atoms with E-state index in [2.05, 4.69) is 49.3 Å². The van der Waals surface area contributed by atoms with Crippen LogP contribution in [-0.4, -0.2) is 10.9 Å². The standard InChI is InChI=1S/C20H24N2O/c1-13(2)16-10-11-18(21-12-16)19(22-20(23)15-8-9-15)17-7-5-4-6-14(17)3/h4-7,10-13,15,19H,8-9H2,1-3H3,(H,22,23). The van der Waals surface area contributed by atoms with Crippen LogP contribution in [0, 0.1) is 12.8 Å². The predicted molar refractivity (Wildman–Crippen MR) is 92.2 cm³/mol. The number of nitrogens with zero attached hydrogens (tertiary/aromatic N) is 1. The Balaban J connectivity index is 1.93. The molecule has 1 N–H and O–H groups in total. The van der Waals surface area contributed by atoms with Gasteiger partial charge in [-0.15, -0.1) is 0 Å². The summed E-state index contributed by atoms with van der Waals surface area (Å²) in [6, 6.07) is 12.2. The normalized spacial score (nSPS) is 15.5. The van der Waals surface area contributed by atoms with Gasteiger partial charge in [-0.25, -0.2) is 0 Å². The van der Waals surface area contributed by atoms with Crippen LogP contribution in [0.2, 0.25) is 0 Å². The third-order valence-corrected chi connectivity index (χ3v) is 4.51. The first-order chi connectivity index (χ1) is 11.1. The highest BCUT2D eigenvalue weighted by Gasteiger charge is 2.32. The largest absolute Gasteiger partial charge is 0.343 e. The van der Waals surface area contributed by atoms with Crippen molar-refractivity contribution in [3.63, 3.8) is 0 Å². The first-order valence-corrected chi connectivity index (χ1v) is 8.38. The van der Waals surface area contributed by atoms with Gasteiger partial charge in [0, 0.05) is 12.1 Å². The SMILES string of the molecule is Cc1ccccc1C(NC(=O)C1CC1)c1ccc(C(C)C)cn1. The molecule has 3 nitrogen and oxygen atoms in total. The summed E-state index contributed by atoms with van der Waals surface area (Å²) in [4.78, 5) is 16.9. The van der Waals surface area contributed by atoms with E-state index >= 15 is 0 Å². The van der Waals surface area contributed by atoms with Gasteiger partial charge in [0.2, 0.25) is 5.91 Å². The molecular weight excluding hydrogens is 284 g/mol. The Hall–Kier alpha value is -2.16. The molecule has 0 aliphatic heterocycles. The number of hydrogen-bond acceptors (Lipinski definition) is 2. The van der Waals surface area contributed by atoms with Crippen LogP contribution in [-0.2, 0) is 4.79 Å². The first-order valence-electron chi connectivity index (χ1n) is 8.38. The first kappa shape index (κ1) is 15.7. The van der Waals surface area contributed by atoms with Gasteiger partial charge in [0.25, 0.3) is 0 Å². The summed E-state index contributed by atoms with van der Waals surface area (Å²) in [5.74, 6) is 0.791. The number of aromatic nitrogens is 1. The molecule has 1 aliphatic rings. The van der Waals surface area contributed by atoms with Crippen molar-refractivity contribution in [2.24, 2.45) is 5.92 Å². The summed E-state index contributed by atoms with van der Waals surface area (Å²) in [6.45, 7) is 6.39. The van der Waals surface area contributed by atoms with Gasteiger partial charge >= 0.3 is 0 Å². The molecule has 2 aromatic rings. The highest BCUT2D eigenvalue weighted by Crippen LogP contribution is 2.31. The quantitative estimate of drug-likeness (QED) is 0.902. The van der Waals surface area contributed by atoms with Crippen molar-refractivity contribution in [1.82, 2.24) is 10.3 Å². The van der Waals surface area contributed by atoms with Crippen LogP contribution < -0.4 is 5.32 Å². The molecule has 1 amide bonds. The number of nitrogens with one attached hydrogen (secondary N) is 1. The molecule has 23 heavy (non-hydrogen) atoms. The zero-order valence-corrected chi connectivity index (χ0v) is 14.0. The third kappa shape index (κ3) is 3.61. The van der Waals surface area contributed by atoms with Crippen molar-refractivity contribution in [3.8, 4) is 0 Å². The van der Waals surface area contributed by atoms with Crippen LogP contribution in [0.25, 0.3) is 0 Å². The number of amides is 1. The minimum atomic E-state index is -0.175. The van der Waals surface area contributed by atoms with Crippen molar-refractivity contribution in [2.45, 2.75) is 45.6 Å². The monoisotopic (exact) mass is 308 g/mol. The zero-order valence-electron chi connectivity index (χ0n) is 14.0. The fraction of sp³-hybridized carbons (Fsp3) is 0.400. The maximum atomic E-state index is 12.3. The van der Waals surface area contributed by atoms with Crippen molar-refractivity contribution >= 4 is 5.91 Å². The smallest absolute Gasteiger partial charge is 0.223 e. The Morgan fingerprint density at radius 2 is 1.91 bits per heavy atom. The number of hydrogen-bond donors (Lipinski definition) is 1. The lowest BCUT2D eigenvalue weighted by Gasteiger charge is -2.21. The van der Waals surface area contributed by atoms with Crippen LogP contribution in [0.1, 0.15) is 61.0 Å². The van der Waals surface area contributed by atoms with Gasteiger partial charge in [-0.1, -0.05) is 44.2 Å². The second-order valence-electron chi connectivity index (χ2n) is 6.74. The van der Waals surface area contributed by atoms with Crippen LogP contribution in [0.15, 0.2) is 42.6 Å². The Labute approximate surface area is 138 Å². The summed E-state index contributed by atoms with van der Waals surface area (Å²) in [6.07, 6.45) is 3.94. The van der Waals surface area contributed by atoms with Crippen molar-refractivity contribution in [2.75, 3.05) is 0 Å². The molecule has 1 heterocycles. The molecule has 1 atom stereocenters. The predicted octanol–water partition coefficient (Wildman–Crippen LogP) is 4.13. The van der Waals surface area contributed by atoms with Crippen LogP contribution in [0.3, 0.4) is 0 Å². The molecule has 1 aromatic heterocycles. The Bertz CT molecular complexity index is 687. The molecule has 1 fully saturated rings. The van der Waals surface area contributed by atoms with E-state index in [9.17, 15) is 4.79 Å². The number of carbonyl (C=O) groups excluding carboxylic acids is 1. The molecule has 1 aliphatic carbocycles. The lowest BCUT2D eigenvalue weighted by atomic mass is 9.97. The van der Waals surface area contributed by atoms with E-state index < -0.39 is 0 Å². The third-order valence-electron chi connectivity index (χ3n) is 4.51. The lowest BCUT2D eigenvalue weighted by Crippen LogP contribution is -2.31. The Morgan fingerprint density at radius 3 is 2.48 bits per heavy atom. The van der Waals surface area contributed by atoms with Gasteiger partial charge in [0.15, 0.2) is 0 Å². The molecule has 0 spiro atoms. The van der Waals surface area contributed by atoms with E-state index in [4.69, 9.17) is 0 Å². The molecule has 1 aromatic carbocycles. The summed E-state index contributed by atoms with van der Waals surface area (Å²) in [7, 11) is 0. The molecule has 1 saturated carbocycles. The molecule has 3 heteroatoms. The number of carbonyl (C=O) groups is 1. The van der Waals surface area contributed by atoms with Crippen LogP contribution >= 0.6 is 0 Å². The highest BCUT2D eigenvalue weighted by atomic mass is 16.2. The Morgan fingerprint density at radius 1 is 1.17 bits per heavy atom. The van der Waals surface area contributed by atoms with Gasteiger partial charge in [-0.05, 0) is 48.4 Å². The number of pyridine rings is 1. The molecule has 0 radical (unpaired) electrons. The summed E-state index contributed by atoms with van der Waals surface area (Å²) < 4.78 is 0. The van der Waals surface area contributed by atoms with Gasteiger partial charge in [-0.3, -0.25) is 9.78 Å². The molecule has 0 saturated heterocycles. The molecule has 1 unspecified atom stereocenters. The van der Waals surface area contributed by atoms with E-state index in [1.165, 1.54) is 11.1 Å². The molecule has 0 bridgehead atoms. The highest BCUT2D eigenvalue weighted by molar-refractivity contribution is 5.81. The summed E-state index contributed by atoms with van der Waals surface area (Å²) in [5, 5.41) is 3.20. The molecule has 3 rings (SSSR count). The fourth-order valence-electron chi connectivity index (χ4n) is 2.76. The summed E-state index contributed by atoms with van der Waals surface area (Å²) in [5.41, 5.74) is 4.40. The minimum Gasteiger partial charge on any atom is -0.343 e. The van der Waals surface area contributed by atoms with E-state index in [1.54, 1.807) is 0 Å². The lowest BCUT2D eigenvalue weighted by molar-refractivity contribution is -0.122. The molecule has 120 valence electrons. The van der Waals surface area contributed by atoms with Crippen molar-refractivity contribution in [3.05, 3.63) is 65.0 Å². The Kier molecular flexibility index (Phi) is 4.46. The summed E-state index contributed by atoms with van der Waals surface area (Å²) >= 11 is 0. The second kappa shape index (κ2) is 6.53.